The predicted octanol–water partition coefficient (Wildman–Crippen LogP) is 3.08. The fourth-order valence-electron chi connectivity index (χ4n) is 1.36. The molecule has 0 aliphatic rings. The van der Waals surface area contributed by atoms with E-state index in [0.29, 0.717) is 5.56 Å². The Labute approximate surface area is 99.9 Å². The van der Waals surface area contributed by atoms with Gasteiger partial charge in [-0.2, -0.15) is 0 Å². The summed E-state index contributed by atoms with van der Waals surface area (Å²) in [6, 6.07) is 5.07. The van der Waals surface area contributed by atoms with Gasteiger partial charge in [-0.15, -0.1) is 0 Å². The molecule has 1 rings (SSSR count). The summed E-state index contributed by atoms with van der Waals surface area (Å²) in [6.07, 6.45) is 0. The van der Waals surface area contributed by atoms with Crippen molar-refractivity contribution >= 4 is 7.60 Å². The SMILES string of the molecule is CCOP(=O)(OCC)[C@@H](O)c1ccc(F)cc1. The molecule has 6 heteroatoms. The number of aliphatic hydroxyl groups is 1. The van der Waals surface area contributed by atoms with Crippen LogP contribution in [0.15, 0.2) is 24.3 Å². The normalized spacial score (nSPS) is 13.6. The Morgan fingerprint density at radius 2 is 1.71 bits per heavy atom. The van der Waals surface area contributed by atoms with Crippen molar-refractivity contribution in [3.8, 4) is 0 Å². The fourth-order valence-corrected chi connectivity index (χ4v) is 2.97. The third kappa shape index (κ3) is 3.61. The zero-order chi connectivity index (χ0) is 12.9. The van der Waals surface area contributed by atoms with Crippen LogP contribution in [0.25, 0.3) is 0 Å². The van der Waals surface area contributed by atoms with E-state index in [-0.39, 0.29) is 13.2 Å². The summed E-state index contributed by atoms with van der Waals surface area (Å²) in [7, 11) is -3.61. The number of halogens is 1. The van der Waals surface area contributed by atoms with Crippen LogP contribution in [-0.2, 0) is 13.6 Å². The Hall–Kier alpha value is -0.740. The van der Waals surface area contributed by atoms with Gasteiger partial charge in [0.05, 0.1) is 13.2 Å². The van der Waals surface area contributed by atoms with E-state index in [9.17, 15) is 14.1 Å². The molecule has 0 fully saturated rings. The van der Waals surface area contributed by atoms with Crippen molar-refractivity contribution < 1.29 is 23.1 Å². The number of aliphatic hydroxyl groups excluding tert-OH is 1. The maximum absolute atomic E-state index is 12.7. The van der Waals surface area contributed by atoms with Gasteiger partial charge in [-0.1, -0.05) is 12.1 Å². The molecule has 1 aromatic rings. The van der Waals surface area contributed by atoms with Crippen molar-refractivity contribution in [2.75, 3.05) is 13.2 Å². The molecular formula is C11H16FO4P. The lowest BCUT2D eigenvalue weighted by molar-refractivity contribution is 0.150. The summed E-state index contributed by atoms with van der Waals surface area (Å²) in [5.41, 5.74) is 0.302. The Morgan fingerprint density at radius 3 is 2.12 bits per heavy atom. The molecule has 0 saturated heterocycles. The molecule has 96 valence electrons. The van der Waals surface area contributed by atoms with Crippen molar-refractivity contribution in [3.05, 3.63) is 35.6 Å². The lowest BCUT2D eigenvalue weighted by Gasteiger charge is -2.22. The van der Waals surface area contributed by atoms with Crippen molar-refractivity contribution in [2.24, 2.45) is 0 Å². The van der Waals surface area contributed by atoms with Crippen LogP contribution in [0.3, 0.4) is 0 Å². The van der Waals surface area contributed by atoms with Crippen LogP contribution in [0.1, 0.15) is 25.3 Å². The molecule has 4 nitrogen and oxygen atoms in total. The van der Waals surface area contributed by atoms with Crippen molar-refractivity contribution in [1.29, 1.82) is 0 Å². The average molecular weight is 262 g/mol. The lowest BCUT2D eigenvalue weighted by Crippen LogP contribution is -2.06. The number of hydrogen-bond acceptors (Lipinski definition) is 4. The standard InChI is InChI=1S/C11H16FO4P/c1-3-15-17(14,16-4-2)11(13)9-5-7-10(12)8-6-9/h5-8,11,13H,3-4H2,1-2H3/t11-/m1/s1. The highest BCUT2D eigenvalue weighted by Gasteiger charge is 2.35. The third-order valence-electron chi connectivity index (χ3n) is 2.09. The van der Waals surface area contributed by atoms with Crippen LogP contribution in [0, 0.1) is 5.82 Å². The van der Waals surface area contributed by atoms with Crippen molar-refractivity contribution in [1.82, 2.24) is 0 Å². The predicted molar refractivity (Wildman–Crippen MR) is 62.2 cm³/mol. The summed E-state index contributed by atoms with van der Waals surface area (Å²) < 4.78 is 35.0. The Morgan fingerprint density at radius 1 is 1.24 bits per heavy atom. The van der Waals surface area contributed by atoms with Gasteiger partial charge < -0.3 is 14.2 Å². The molecule has 0 aromatic heterocycles. The van der Waals surface area contributed by atoms with E-state index < -0.39 is 19.3 Å². The maximum Gasteiger partial charge on any atom is 0.363 e. The molecular weight excluding hydrogens is 246 g/mol. The van der Waals surface area contributed by atoms with Crippen molar-refractivity contribution in [2.45, 2.75) is 19.7 Å². The smallest absolute Gasteiger partial charge is 0.363 e. The number of hydrogen-bond donors (Lipinski definition) is 1. The second-order valence-electron chi connectivity index (χ2n) is 3.30. The first-order valence-electron chi connectivity index (χ1n) is 5.35. The Bertz CT molecular complexity index is 383. The van der Waals surface area contributed by atoms with E-state index in [4.69, 9.17) is 9.05 Å². The van der Waals surface area contributed by atoms with Gasteiger partial charge in [0.15, 0.2) is 5.85 Å². The van der Waals surface area contributed by atoms with E-state index in [1.807, 2.05) is 0 Å². The van der Waals surface area contributed by atoms with Crippen LogP contribution in [0.5, 0.6) is 0 Å². The topological polar surface area (TPSA) is 55.8 Å². The molecule has 0 spiro atoms. The zero-order valence-corrected chi connectivity index (χ0v) is 10.7. The lowest BCUT2D eigenvalue weighted by atomic mass is 10.2. The Kier molecular flexibility index (Phi) is 5.28. The molecule has 1 atom stereocenters. The van der Waals surface area contributed by atoms with E-state index in [0.717, 1.165) is 0 Å². The molecule has 0 unspecified atom stereocenters. The minimum Gasteiger partial charge on any atom is -0.376 e. The monoisotopic (exact) mass is 262 g/mol. The highest BCUT2D eigenvalue weighted by molar-refractivity contribution is 7.54. The highest BCUT2D eigenvalue weighted by Crippen LogP contribution is 2.59. The summed E-state index contributed by atoms with van der Waals surface area (Å²) >= 11 is 0. The van der Waals surface area contributed by atoms with Gasteiger partial charge in [0, 0.05) is 0 Å². The first-order chi connectivity index (χ1) is 8.03. The van der Waals surface area contributed by atoms with Crippen molar-refractivity contribution in [3.63, 3.8) is 0 Å². The van der Waals surface area contributed by atoms with E-state index in [2.05, 4.69) is 0 Å². The number of rotatable bonds is 6. The first kappa shape index (κ1) is 14.3. The third-order valence-corrected chi connectivity index (χ3v) is 4.22. The highest BCUT2D eigenvalue weighted by atomic mass is 31.2. The average Bonchev–Trinajstić information content (AvgIpc) is 2.30. The largest absolute Gasteiger partial charge is 0.376 e. The van der Waals surface area contributed by atoms with E-state index >= 15 is 0 Å². The maximum atomic E-state index is 12.7. The van der Waals surface area contributed by atoms with Crippen LogP contribution in [0.2, 0.25) is 0 Å². The minimum atomic E-state index is -3.61. The second kappa shape index (κ2) is 6.26. The Balaban J connectivity index is 2.95. The summed E-state index contributed by atoms with van der Waals surface area (Å²) in [5, 5.41) is 9.96. The first-order valence-corrected chi connectivity index (χ1v) is 6.97. The molecule has 0 bridgehead atoms. The second-order valence-corrected chi connectivity index (χ2v) is 5.39. The van der Waals surface area contributed by atoms with Gasteiger partial charge in [0.1, 0.15) is 5.82 Å². The van der Waals surface area contributed by atoms with Gasteiger partial charge in [-0.3, -0.25) is 4.57 Å². The summed E-state index contributed by atoms with van der Waals surface area (Å²) in [5.74, 6) is -1.83. The van der Waals surface area contributed by atoms with Gasteiger partial charge in [0.25, 0.3) is 0 Å². The molecule has 0 heterocycles. The van der Waals surface area contributed by atoms with Gasteiger partial charge >= 0.3 is 7.60 Å². The van der Waals surface area contributed by atoms with Gasteiger partial charge in [0.2, 0.25) is 0 Å². The molecule has 0 amide bonds. The van der Waals surface area contributed by atoms with Gasteiger partial charge in [-0.25, -0.2) is 4.39 Å². The molecule has 0 radical (unpaired) electrons. The van der Waals surface area contributed by atoms with Gasteiger partial charge in [-0.05, 0) is 31.5 Å². The quantitative estimate of drug-likeness (QED) is 0.800. The van der Waals surface area contributed by atoms with Crippen LogP contribution < -0.4 is 0 Å². The van der Waals surface area contributed by atoms with Crippen LogP contribution in [0.4, 0.5) is 4.39 Å². The summed E-state index contributed by atoms with van der Waals surface area (Å²) in [4.78, 5) is 0. The van der Waals surface area contributed by atoms with Crippen LogP contribution in [-0.4, -0.2) is 18.3 Å². The number of benzene rings is 1. The minimum absolute atomic E-state index is 0.162. The zero-order valence-electron chi connectivity index (χ0n) is 9.80. The van der Waals surface area contributed by atoms with Crippen LogP contribution >= 0.6 is 7.60 Å². The molecule has 1 N–H and O–H groups in total. The van der Waals surface area contributed by atoms with E-state index in [1.165, 1.54) is 24.3 Å². The molecule has 0 aliphatic carbocycles. The molecule has 17 heavy (non-hydrogen) atoms. The van der Waals surface area contributed by atoms with E-state index in [1.54, 1.807) is 13.8 Å². The molecule has 1 aromatic carbocycles. The molecule has 0 saturated carbocycles. The summed E-state index contributed by atoms with van der Waals surface area (Å²) in [6.45, 7) is 3.64. The fraction of sp³-hybridized carbons (Fsp3) is 0.455. The molecule has 0 aliphatic heterocycles.